The van der Waals surface area contributed by atoms with Crippen LogP contribution in [0.4, 0.5) is 0 Å². The molecular weight excluding hydrogens is 825 g/mol. The summed E-state index contributed by atoms with van der Waals surface area (Å²) in [6.07, 6.45) is -0.912. The van der Waals surface area contributed by atoms with Gasteiger partial charge in [0.15, 0.2) is 24.0 Å². The van der Waals surface area contributed by atoms with Gasteiger partial charge in [0.05, 0.1) is 59.9 Å². The Bertz CT molecular complexity index is 2200. The largest absolute Gasteiger partial charge is 0.458 e. The first-order chi connectivity index (χ1) is 30.8. The lowest BCUT2D eigenvalue weighted by Gasteiger charge is -2.51. The van der Waals surface area contributed by atoms with Gasteiger partial charge in [-0.2, -0.15) is 0 Å². The van der Waals surface area contributed by atoms with Crippen molar-refractivity contribution in [2.75, 3.05) is 54.6 Å². The van der Waals surface area contributed by atoms with E-state index in [0.717, 1.165) is 11.1 Å². The van der Waals surface area contributed by atoms with E-state index in [1.54, 1.807) is 26.0 Å². The molecule has 0 bridgehead atoms. The normalized spacial score (nSPS) is 26.1. The highest BCUT2D eigenvalue weighted by Gasteiger charge is 2.51. The van der Waals surface area contributed by atoms with Crippen LogP contribution in [-0.4, -0.2) is 155 Å². The molecule has 18 nitrogen and oxygen atoms in total. The quantitative estimate of drug-likeness (QED) is 0.0566. The number of nitrogens with zero attached hydrogens (tertiary/aromatic N) is 6. The van der Waals surface area contributed by atoms with Crippen molar-refractivity contribution in [3.05, 3.63) is 108 Å². The minimum Gasteiger partial charge on any atom is -0.458 e. The van der Waals surface area contributed by atoms with Gasteiger partial charge in [0, 0.05) is 25.9 Å². The van der Waals surface area contributed by atoms with E-state index >= 15 is 0 Å². The Morgan fingerprint density at radius 1 is 0.625 bits per heavy atom. The van der Waals surface area contributed by atoms with Crippen LogP contribution in [0, 0.1) is 0 Å². The summed E-state index contributed by atoms with van der Waals surface area (Å²) in [5, 5.41) is 30.1. The number of nitrogens with one attached hydrogen (secondary N) is 2. The standard InChI is InChI=1S/C46H58N8O10/c1-29-41(55)45(53(3)4,23-39(63-29)59-19-21-61-43(57)37-27-47-33-11-7-9-13-35(33)51-37)49-25-31-15-17-32(18-16-31)26-50-46(54(5)6)24-40(64-30(2)42(46)56)60-20-22-62-44(58)38-28-48-34-12-8-10-14-36(34)52-38/h7-18,27-30,39-42,49-50,55-56H,19-26H2,1-6H3/t29-,30-,39+,40+,41-,42-,45-,46-/m1/s1. The second kappa shape index (κ2) is 20.8. The first-order valence-electron chi connectivity index (χ1n) is 21.4. The van der Waals surface area contributed by atoms with Gasteiger partial charge in [0.25, 0.3) is 0 Å². The summed E-state index contributed by atoms with van der Waals surface area (Å²) >= 11 is 0. The number of aliphatic hydroxyl groups excluding tert-OH is 2. The summed E-state index contributed by atoms with van der Waals surface area (Å²) in [5.41, 5.74) is 2.96. The summed E-state index contributed by atoms with van der Waals surface area (Å²) < 4.78 is 34.9. The fourth-order valence-electron chi connectivity index (χ4n) is 8.18. The number of aliphatic hydroxyl groups is 2. The summed E-state index contributed by atoms with van der Waals surface area (Å²) in [4.78, 5) is 46.5. The maximum Gasteiger partial charge on any atom is 0.358 e. The van der Waals surface area contributed by atoms with Gasteiger partial charge in [-0.3, -0.25) is 30.4 Å². The van der Waals surface area contributed by atoms with Crippen molar-refractivity contribution in [1.29, 1.82) is 0 Å². The maximum atomic E-state index is 12.7. The first kappa shape index (κ1) is 46.9. The number of carbonyl (C=O) groups excluding carboxylic acids is 2. The molecule has 0 spiro atoms. The number of likely N-dealkylation sites (N-methyl/N-ethyl adjacent to an activating group) is 2. The highest BCUT2D eigenvalue weighted by Crippen LogP contribution is 2.34. The van der Waals surface area contributed by atoms with Crippen molar-refractivity contribution < 1.29 is 48.2 Å². The molecule has 0 unspecified atom stereocenters. The minimum absolute atomic E-state index is 0.0212. The summed E-state index contributed by atoms with van der Waals surface area (Å²) in [5.74, 6) is -1.20. The van der Waals surface area contributed by atoms with Crippen molar-refractivity contribution in [2.45, 2.75) is 88.1 Å². The highest BCUT2D eigenvalue weighted by atomic mass is 16.7. The first-order valence-corrected chi connectivity index (χ1v) is 21.4. The zero-order chi connectivity index (χ0) is 45.4. The molecule has 2 aliphatic heterocycles. The summed E-state index contributed by atoms with van der Waals surface area (Å²) in [6.45, 7) is 4.58. The van der Waals surface area contributed by atoms with Crippen molar-refractivity contribution in [3.8, 4) is 0 Å². The van der Waals surface area contributed by atoms with E-state index in [1.165, 1.54) is 12.4 Å². The van der Waals surface area contributed by atoms with E-state index in [-0.39, 0.29) is 37.8 Å². The van der Waals surface area contributed by atoms with Gasteiger partial charge >= 0.3 is 11.9 Å². The van der Waals surface area contributed by atoms with E-state index in [4.69, 9.17) is 28.4 Å². The number of aromatic nitrogens is 4. The molecule has 2 fully saturated rings. The van der Waals surface area contributed by atoms with E-state index in [1.807, 2.05) is 98.7 Å². The van der Waals surface area contributed by atoms with Crippen LogP contribution in [0.15, 0.2) is 85.2 Å². The molecule has 5 aromatic rings. The number of para-hydroxylation sites is 4. The van der Waals surface area contributed by atoms with E-state index in [0.29, 0.717) is 48.0 Å². The van der Waals surface area contributed by atoms with Crippen molar-refractivity contribution in [2.24, 2.45) is 0 Å². The zero-order valence-corrected chi connectivity index (χ0v) is 37.0. The van der Waals surface area contributed by atoms with E-state index in [9.17, 15) is 19.8 Å². The second-order valence-corrected chi connectivity index (χ2v) is 16.5. The highest BCUT2D eigenvalue weighted by molar-refractivity contribution is 5.90. The van der Waals surface area contributed by atoms with Gasteiger partial charge in [-0.25, -0.2) is 19.6 Å². The number of carbonyl (C=O) groups is 2. The molecule has 4 heterocycles. The van der Waals surface area contributed by atoms with Gasteiger partial charge in [0.1, 0.15) is 36.7 Å². The smallest absolute Gasteiger partial charge is 0.358 e. The van der Waals surface area contributed by atoms with Crippen LogP contribution in [-0.2, 0) is 41.5 Å². The second-order valence-electron chi connectivity index (χ2n) is 16.5. The molecule has 2 aromatic heterocycles. The lowest BCUT2D eigenvalue weighted by molar-refractivity contribution is -0.265. The Balaban J connectivity index is 0.893. The predicted octanol–water partition coefficient (Wildman–Crippen LogP) is 3.01. The molecule has 342 valence electrons. The molecule has 3 aromatic carbocycles. The average Bonchev–Trinajstić information content (AvgIpc) is 3.30. The zero-order valence-electron chi connectivity index (χ0n) is 37.0. The fourth-order valence-corrected chi connectivity index (χ4v) is 8.18. The van der Waals surface area contributed by atoms with E-state index in [2.05, 4.69) is 30.6 Å². The van der Waals surface area contributed by atoms with Gasteiger partial charge in [-0.1, -0.05) is 48.5 Å². The van der Waals surface area contributed by atoms with E-state index < -0.39 is 60.3 Å². The van der Waals surface area contributed by atoms with Crippen molar-refractivity contribution >= 4 is 34.0 Å². The van der Waals surface area contributed by atoms with Gasteiger partial charge < -0.3 is 38.6 Å². The minimum atomic E-state index is -0.903. The van der Waals surface area contributed by atoms with Gasteiger partial charge in [0.2, 0.25) is 0 Å². The lowest BCUT2D eigenvalue weighted by Crippen LogP contribution is -2.70. The number of rotatable bonds is 18. The molecule has 0 radical (unpaired) electrons. The summed E-state index contributed by atoms with van der Waals surface area (Å²) in [6, 6.07) is 22.6. The third kappa shape index (κ3) is 10.7. The van der Waals surface area contributed by atoms with Gasteiger partial charge in [-0.15, -0.1) is 0 Å². The van der Waals surface area contributed by atoms with Crippen LogP contribution in [0.1, 0.15) is 58.8 Å². The number of hydrogen-bond donors (Lipinski definition) is 4. The number of hydrogen-bond acceptors (Lipinski definition) is 18. The third-order valence-electron chi connectivity index (χ3n) is 11.9. The number of benzene rings is 3. The molecule has 18 heteroatoms. The molecular formula is C46H58N8O10. The Labute approximate surface area is 372 Å². The molecule has 4 N–H and O–H groups in total. The Kier molecular flexibility index (Phi) is 15.2. The maximum absolute atomic E-state index is 12.7. The van der Waals surface area contributed by atoms with Crippen LogP contribution >= 0.6 is 0 Å². The molecule has 2 saturated heterocycles. The number of esters is 2. The topological polar surface area (TPSA) is 212 Å². The Hall–Kier alpha value is -5.12. The van der Waals surface area contributed by atoms with Crippen LogP contribution in [0.5, 0.6) is 0 Å². The van der Waals surface area contributed by atoms with Crippen LogP contribution < -0.4 is 10.6 Å². The third-order valence-corrected chi connectivity index (χ3v) is 11.9. The predicted molar refractivity (Wildman–Crippen MR) is 234 cm³/mol. The SMILES string of the molecule is C[C@H]1O[C@H](OCCOC(=O)c2cnc3ccccc3n2)C[C@@](NCc2ccc(CN[C@@]3(N(C)C)C[C@@H](OCCOC(=O)c4cnc5ccccc5n4)O[C@H](C)[C@H]3O)cc2)(N(C)C)[C@@H]1O. The number of fused-ring (bicyclic) bond motifs is 2. The molecule has 0 saturated carbocycles. The van der Waals surface area contributed by atoms with Crippen molar-refractivity contribution in [1.82, 2.24) is 40.4 Å². The van der Waals surface area contributed by atoms with Crippen LogP contribution in [0.3, 0.4) is 0 Å². The lowest BCUT2D eigenvalue weighted by atomic mass is 9.89. The molecule has 0 amide bonds. The fraction of sp³-hybridized carbons (Fsp3) is 0.478. The van der Waals surface area contributed by atoms with Gasteiger partial charge in [-0.05, 0) is 77.4 Å². The van der Waals surface area contributed by atoms with Crippen LogP contribution in [0.2, 0.25) is 0 Å². The Morgan fingerprint density at radius 2 is 1.00 bits per heavy atom. The Morgan fingerprint density at radius 3 is 1.38 bits per heavy atom. The molecule has 8 atom stereocenters. The molecule has 7 rings (SSSR count). The average molecular weight is 883 g/mol. The molecule has 2 aliphatic rings. The monoisotopic (exact) mass is 882 g/mol. The molecule has 64 heavy (non-hydrogen) atoms. The number of ether oxygens (including phenoxy) is 6. The van der Waals surface area contributed by atoms with Crippen molar-refractivity contribution in [3.63, 3.8) is 0 Å². The molecule has 0 aliphatic carbocycles. The van der Waals surface area contributed by atoms with Crippen LogP contribution in [0.25, 0.3) is 22.1 Å². The summed E-state index contributed by atoms with van der Waals surface area (Å²) in [7, 11) is 7.58.